The van der Waals surface area contributed by atoms with E-state index in [1.807, 2.05) is 39.0 Å². The molecule has 1 amide bonds. The van der Waals surface area contributed by atoms with E-state index in [4.69, 9.17) is 0 Å². The molecule has 0 saturated heterocycles. The average Bonchev–Trinajstić information content (AvgIpc) is 2.59. The predicted molar refractivity (Wildman–Crippen MR) is 99.0 cm³/mol. The molecule has 0 unspecified atom stereocenters. The molecule has 3 aromatic rings. The smallest absolute Gasteiger partial charge is 0.252 e. The van der Waals surface area contributed by atoms with Crippen molar-refractivity contribution < 1.29 is 9.18 Å². The number of rotatable bonds is 4. The summed E-state index contributed by atoms with van der Waals surface area (Å²) >= 11 is 0. The summed E-state index contributed by atoms with van der Waals surface area (Å²) in [6.07, 6.45) is 0. The van der Waals surface area contributed by atoms with Gasteiger partial charge in [0.1, 0.15) is 5.82 Å². The number of aromatic nitrogens is 1. The number of aryl methyl sites for hydroxylation is 1. The molecule has 3 nitrogen and oxygen atoms in total. The number of halogens is 1. The molecule has 25 heavy (non-hydrogen) atoms. The first-order valence-corrected chi connectivity index (χ1v) is 8.40. The number of hydrogen-bond acceptors (Lipinski definition) is 2. The van der Waals surface area contributed by atoms with Crippen molar-refractivity contribution >= 4 is 16.8 Å². The zero-order valence-electron chi connectivity index (χ0n) is 14.6. The topological polar surface area (TPSA) is 42.0 Å². The van der Waals surface area contributed by atoms with Gasteiger partial charge < -0.3 is 5.32 Å². The Morgan fingerprint density at radius 1 is 1.16 bits per heavy atom. The second-order valence-electron chi connectivity index (χ2n) is 6.66. The summed E-state index contributed by atoms with van der Waals surface area (Å²) in [4.78, 5) is 17.3. The van der Waals surface area contributed by atoms with Gasteiger partial charge in [0.15, 0.2) is 0 Å². The van der Waals surface area contributed by atoms with Gasteiger partial charge in [0.25, 0.3) is 5.91 Å². The number of nitrogens with one attached hydrogen (secondary N) is 1. The number of benzene rings is 2. The summed E-state index contributed by atoms with van der Waals surface area (Å²) in [5.74, 6) is -0.163. The van der Waals surface area contributed by atoms with E-state index >= 15 is 0 Å². The number of carbonyl (C=O) groups is 1. The van der Waals surface area contributed by atoms with Gasteiger partial charge in [0.05, 0.1) is 16.8 Å². The Morgan fingerprint density at radius 3 is 2.64 bits per heavy atom. The van der Waals surface area contributed by atoms with E-state index in [0.717, 1.165) is 10.9 Å². The highest BCUT2D eigenvalue weighted by Crippen LogP contribution is 2.27. The zero-order chi connectivity index (χ0) is 18.0. The fraction of sp³-hybridized carbons (Fsp3) is 0.238. The summed E-state index contributed by atoms with van der Waals surface area (Å²) in [5, 5.41) is 3.72. The van der Waals surface area contributed by atoms with Gasteiger partial charge in [0, 0.05) is 17.5 Å². The number of carbonyl (C=O) groups excluding carboxylic acids is 1. The molecular weight excluding hydrogens is 315 g/mol. The van der Waals surface area contributed by atoms with E-state index in [2.05, 4.69) is 10.3 Å². The molecule has 0 aliphatic rings. The highest BCUT2D eigenvalue weighted by atomic mass is 19.1. The van der Waals surface area contributed by atoms with Crippen LogP contribution in [-0.4, -0.2) is 17.4 Å². The van der Waals surface area contributed by atoms with Gasteiger partial charge in [-0.15, -0.1) is 0 Å². The van der Waals surface area contributed by atoms with Gasteiger partial charge in [0.2, 0.25) is 0 Å². The van der Waals surface area contributed by atoms with Crippen LogP contribution < -0.4 is 5.32 Å². The highest BCUT2D eigenvalue weighted by Gasteiger charge is 2.16. The first-order valence-electron chi connectivity index (χ1n) is 8.40. The van der Waals surface area contributed by atoms with E-state index < -0.39 is 0 Å². The van der Waals surface area contributed by atoms with Gasteiger partial charge in [-0.2, -0.15) is 0 Å². The molecule has 0 aliphatic heterocycles. The fourth-order valence-corrected chi connectivity index (χ4v) is 2.73. The van der Waals surface area contributed by atoms with Crippen LogP contribution in [0, 0.1) is 18.7 Å². The molecule has 0 radical (unpaired) electrons. The van der Waals surface area contributed by atoms with E-state index in [-0.39, 0.29) is 11.7 Å². The number of nitrogens with zero attached hydrogens (tertiary/aromatic N) is 1. The number of hydrogen-bond donors (Lipinski definition) is 1. The van der Waals surface area contributed by atoms with E-state index in [1.54, 1.807) is 24.3 Å². The highest BCUT2D eigenvalue weighted by molar-refractivity contribution is 6.07. The van der Waals surface area contributed by atoms with Crippen LogP contribution in [-0.2, 0) is 0 Å². The van der Waals surface area contributed by atoms with Gasteiger partial charge in [-0.3, -0.25) is 4.79 Å². The minimum Gasteiger partial charge on any atom is -0.352 e. The molecule has 0 saturated carbocycles. The Morgan fingerprint density at radius 2 is 1.92 bits per heavy atom. The molecule has 0 bridgehead atoms. The van der Waals surface area contributed by atoms with Crippen molar-refractivity contribution in [3.8, 4) is 11.3 Å². The molecule has 1 heterocycles. The monoisotopic (exact) mass is 336 g/mol. The van der Waals surface area contributed by atoms with E-state index in [1.165, 1.54) is 6.07 Å². The lowest BCUT2D eigenvalue weighted by molar-refractivity contribution is 0.0950. The molecular formula is C21H21FN2O. The third-order valence-electron chi connectivity index (χ3n) is 4.03. The second kappa shape index (κ2) is 7.01. The first-order chi connectivity index (χ1) is 12.0. The fourth-order valence-electron chi connectivity index (χ4n) is 2.73. The Kier molecular flexibility index (Phi) is 4.79. The van der Waals surface area contributed by atoms with Gasteiger partial charge in [-0.1, -0.05) is 37.6 Å². The molecule has 0 fully saturated rings. The maximum Gasteiger partial charge on any atom is 0.252 e. The normalized spacial score (nSPS) is 11.1. The average molecular weight is 336 g/mol. The Bertz CT molecular complexity index is 934. The molecule has 128 valence electrons. The van der Waals surface area contributed by atoms with Crippen molar-refractivity contribution in [3.05, 3.63) is 65.5 Å². The maximum absolute atomic E-state index is 14.2. The third kappa shape index (κ3) is 3.68. The largest absolute Gasteiger partial charge is 0.352 e. The lowest BCUT2D eigenvalue weighted by Gasteiger charge is -2.12. The molecule has 1 aromatic heterocycles. The summed E-state index contributed by atoms with van der Waals surface area (Å²) in [6.45, 7) is 6.64. The van der Waals surface area contributed by atoms with Gasteiger partial charge in [-0.25, -0.2) is 9.37 Å². The van der Waals surface area contributed by atoms with Crippen molar-refractivity contribution in [1.29, 1.82) is 0 Å². The van der Waals surface area contributed by atoms with Crippen LogP contribution in [0.1, 0.15) is 29.8 Å². The Labute approximate surface area is 146 Å². The summed E-state index contributed by atoms with van der Waals surface area (Å²) in [5.41, 5.74) is 3.10. The molecule has 0 spiro atoms. The Balaban J connectivity index is 2.17. The summed E-state index contributed by atoms with van der Waals surface area (Å²) in [6, 6.07) is 13.9. The lowest BCUT2D eigenvalue weighted by Crippen LogP contribution is -2.27. The van der Waals surface area contributed by atoms with Crippen LogP contribution in [0.4, 0.5) is 4.39 Å². The van der Waals surface area contributed by atoms with Crippen molar-refractivity contribution in [2.24, 2.45) is 5.92 Å². The SMILES string of the molecule is Cc1ccc2nc(-c3ccccc3F)cc(C(=O)NCC(C)C)c2c1. The standard InChI is InChI=1S/C21H21FN2O/c1-13(2)12-23-21(25)17-11-20(15-6-4-5-7-18(15)22)24-19-9-8-14(3)10-16(17)19/h4-11,13H,12H2,1-3H3,(H,23,25). The molecule has 0 aliphatic carbocycles. The number of fused-ring (bicyclic) bond motifs is 1. The third-order valence-corrected chi connectivity index (χ3v) is 4.03. The zero-order valence-corrected chi connectivity index (χ0v) is 14.6. The molecule has 0 atom stereocenters. The Hall–Kier alpha value is -2.75. The lowest BCUT2D eigenvalue weighted by atomic mass is 10.0. The van der Waals surface area contributed by atoms with Crippen LogP contribution in [0.15, 0.2) is 48.5 Å². The first kappa shape index (κ1) is 17.1. The van der Waals surface area contributed by atoms with Crippen LogP contribution >= 0.6 is 0 Å². The molecule has 4 heteroatoms. The quantitative estimate of drug-likeness (QED) is 0.748. The van der Waals surface area contributed by atoms with Gasteiger partial charge in [-0.05, 0) is 43.2 Å². The van der Waals surface area contributed by atoms with Crippen molar-refractivity contribution in [1.82, 2.24) is 10.3 Å². The van der Waals surface area contributed by atoms with Crippen molar-refractivity contribution in [2.45, 2.75) is 20.8 Å². The predicted octanol–water partition coefficient (Wildman–Crippen LogP) is 4.74. The molecule has 1 N–H and O–H groups in total. The number of amides is 1. The van der Waals surface area contributed by atoms with Crippen LogP contribution in [0.2, 0.25) is 0 Å². The molecule has 3 rings (SSSR count). The molecule has 2 aromatic carbocycles. The van der Waals surface area contributed by atoms with Crippen LogP contribution in [0.5, 0.6) is 0 Å². The maximum atomic E-state index is 14.2. The van der Waals surface area contributed by atoms with E-state index in [9.17, 15) is 9.18 Å². The number of pyridine rings is 1. The summed E-state index contributed by atoms with van der Waals surface area (Å²) in [7, 11) is 0. The minimum atomic E-state index is -0.352. The van der Waals surface area contributed by atoms with Crippen molar-refractivity contribution in [2.75, 3.05) is 6.54 Å². The van der Waals surface area contributed by atoms with Gasteiger partial charge >= 0.3 is 0 Å². The van der Waals surface area contributed by atoms with Crippen LogP contribution in [0.3, 0.4) is 0 Å². The second-order valence-corrected chi connectivity index (χ2v) is 6.66. The minimum absolute atomic E-state index is 0.163. The van der Waals surface area contributed by atoms with E-state index in [0.29, 0.717) is 34.8 Å². The van der Waals surface area contributed by atoms with Crippen molar-refractivity contribution in [3.63, 3.8) is 0 Å². The summed E-state index contributed by atoms with van der Waals surface area (Å²) < 4.78 is 14.2. The van der Waals surface area contributed by atoms with Crippen LogP contribution in [0.25, 0.3) is 22.2 Å².